The van der Waals surface area contributed by atoms with Crippen LogP contribution in [0.5, 0.6) is 46.0 Å². The minimum absolute atomic E-state index is 0.358. The Hall–Kier alpha value is -6.38. The first-order chi connectivity index (χ1) is 53.2. The smallest absolute Gasteiger partial charge is 0.343 e. The number of carbonyl (C=O) groups is 2. The number of thiazole rings is 2. The van der Waals surface area contributed by atoms with E-state index in [1.807, 2.05) is 48.5 Å². The minimum Gasteiger partial charge on any atom is -0.490 e. The number of hydrogen-bond donors (Lipinski definition) is 0. The number of fused-ring (bicyclic) bond motifs is 2. The molecule has 0 saturated heterocycles. The van der Waals surface area contributed by atoms with Gasteiger partial charge in [0.05, 0.1) is 71.2 Å². The van der Waals surface area contributed by atoms with Gasteiger partial charge < -0.3 is 37.9 Å². The molecule has 0 radical (unpaired) electrons. The van der Waals surface area contributed by atoms with Crippen LogP contribution >= 0.6 is 22.7 Å². The van der Waals surface area contributed by atoms with Gasteiger partial charge in [0, 0.05) is 11.1 Å². The molecular formula is C94H140N2O10S2. The highest BCUT2D eigenvalue weighted by Gasteiger charge is 2.24. The number of benzene rings is 5. The number of ether oxygens (including phenoxy) is 8. The van der Waals surface area contributed by atoms with Crippen LogP contribution in [0.2, 0.25) is 0 Å². The Labute approximate surface area is 661 Å². The summed E-state index contributed by atoms with van der Waals surface area (Å²) in [6.07, 6.45) is 57.7. The van der Waals surface area contributed by atoms with Crippen molar-refractivity contribution in [3.05, 3.63) is 96.1 Å². The average Bonchev–Trinajstić information content (AvgIpc) is 1.65. The van der Waals surface area contributed by atoms with Crippen LogP contribution in [0.3, 0.4) is 0 Å². The van der Waals surface area contributed by atoms with Gasteiger partial charge in [0.25, 0.3) is 0 Å². The second kappa shape index (κ2) is 55.9. The first-order valence-corrected chi connectivity index (χ1v) is 45.4. The minimum atomic E-state index is -0.489. The summed E-state index contributed by atoms with van der Waals surface area (Å²) in [4.78, 5) is 38.8. The second-order valence-corrected chi connectivity index (χ2v) is 32.3. The predicted octanol–water partition coefficient (Wildman–Crippen LogP) is 29.8. The van der Waals surface area contributed by atoms with Crippen molar-refractivity contribution in [2.75, 3.05) is 39.6 Å². The third kappa shape index (κ3) is 34.5. The van der Waals surface area contributed by atoms with Gasteiger partial charge >= 0.3 is 11.9 Å². The van der Waals surface area contributed by atoms with E-state index >= 15 is 0 Å². The van der Waals surface area contributed by atoms with Gasteiger partial charge in [-0.2, -0.15) is 0 Å². The molecule has 0 saturated carbocycles. The molecule has 0 fully saturated rings. The predicted molar refractivity (Wildman–Crippen MR) is 455 cm³/mol. The van der Waals surface area contributed by atoms with Crippen molar-refractivity contribution in [3.8, 4) is 67.1 Å². The Kier molecular flexibility index (Phi) is 46.0. The molecule has 5 aromatic carbocycles. The van der Waals surface area contributed by atoms with E-state index in [1.165, 1.54) is 231 Å². The van der Waals surface area contributed by atoms with E-state index in [1.54, 1.807) is 46.9 Å². The summed E-state index contributed by atoms with van der Waals surface area (Å²) in [6, 6.07) is 26.5. The van der Waals surface area contributed by atoms with Crippen molar-refractivity contribution in [2.45, 2.75) is 350 Å². The summed E-state index contributed by atoms with van der Waals surface area (Å²) in [5.74, 6) is 3.17. The first kappa shape index (κ1) is 88.8. The van der Waals surface area contributed by atoms with Crippen LogP contribution in [0.15, 0.2) is 84.9 Å². The Morgan fingerprint density at radius 1 is 0.269 bits per heavy atom. The molecule has 598 valence electrons. The maximum absolute atomic E-state index is 14.3. The van der Waals surface area contributed by atoms with Gasteiger partial charge in [-0.05, 0) is 123 Å². The summed E-state index contributed by atoms with van der Waals surface area (Å²) in [5, 5.41) is 1.71. The van der Waals surface area contributed by atoms with Crippen molar-refractivity contribution < 1.29 is 47.5 Å². The molecule has 108 heavy (non-hydrogen) atoms. The summed E-state index contributed by atoms with van der Waals surface area (Å²) in [5.41, 5.74) is 4.32. The highest BCUT2D eigenvalue weighted by atomic mass is 32.1. The van der Waals surface area contributed by atoms with Gasteiger partial charge in [0.2, 0.25) is 11.5 Å². The molecule has 0 N–H and O–H groups in total. The third-order valence-corrected chi connectivity index (χ3v) is 22.7. The maximum atomic E-state index is 14.3. The van der Waals surface area contributed by atoms with Crippen molar-refractivity contribution in [2.24, 2.45) is 0 Å². The lowest BCUT2D eigenvalue weighted by Gasteiger charge is -2.19. The Morgan fingerprint density at radius 3 is 0.713 bits per heavy atom. The largest absolute Gasteiger partial charge is 0.490 e. The van der Waals surface area contributed by atoms with E-state index < -0.39 is 11.9 Å². The molecule has 2 heterocycles. The van der Waals surface area contributed by atoms with Crippen LogP contribution < -0.4 is 37.9 Å². The molecule has 0 aliphatic heterocycles. The topological polar surface area (TPSA) is 134 Å². The number of unbranched alkanes of at least 4 members (excludes halogenated alkanes) is 42. The summed E-state index contributed by atoms with van der Waals surface area (Å²) >= 11 is 3.20. The monoisotopic (exact) mass is 1520 g/mol. The Balaban J connectivity index is 1.01. The van der Waals surface area contributed by atoms with Gasteiger partial charge in [-0.3, -0.25) is 0 Å². The molecule has 0 unspecified atom stereocenters. The fraction of sp³-hybridized carbons (Fsp3) is 0.638. The van der Waals surface area contributed by atoms with Gasteiger partial charge in [-0.25, -0.2) is 19.6 Å². The molecule has 0 bridgehead atoms. The zero-order valence-corrected chi connectivity index (χ0v) is 69.7. The lowest BCUT2D eigenvalue weighted by Crippen LogP contribution is -2.12. The third-order valence-electron chi connectivity index (χ3n) is 20.5. The molecule has 14 heteroatoms. The number of nitrogens with zero attached hydrogens (tertiary/aromatic N) is 2. The Bertz CT molecular complexity index is 3150. The molecule has 7 rings (SSSR count). The van der Waals surface area contributed by atoms with Crippen LogP contribution in [0.4, 0.5) is 0 Å². The molecular weight excluding hydrogens is 1380 g/mol. The van der Waals surface area contributed by atoms with Crippen molar-refractivity contribution >= 4 is 55.0 Å². The number of hydrogen-bond acceptors (Lipinski definition) is 14. The molecule has 0 aliphatic carbocycles. The standard InChI is InChI=1S/C94H140N2O10S2/c1-7-13-19-25-31-37-43-49-63-99-83-69-77(70-84(100-64-50-44-38-32-26-20-14-8-2)89(83)103-67-53-47-41-35-29-23-17-11-5)93(97)105-79-59-55-75(56-60-79)91-95-81-73-88-82(74-87(81)107-91)96-92(108-88)76-57-61-80(62-58-76)106-94(98)78-71-85(101-65-51-45-39-33-27-21-15-9-3)90(104-68-54-48-42-36-30-24-18-12-6)86(72-78)102-66-52-46-40-34-28-22-16-10-4/h55-62,69-74H,7-54,63-68H2,1-6H3. The van der Waals surface area contributed by atoms with E-state index in [0.29, 0.717) is 96.8 Å². The zero-order valence-electron chi connectivity index (χ0n) is 68.1. The first-order valence-electron chi connectivity index (χ1n) is 43.7. The SMILES string of the molecule is CCCCCCCCCCOc1cc(C(=O)Oc2ccc(-c3nc4cc5sc(-c6ccc(OC(=O)c7cc(OCCCCCCCCCC)c(OCCCCCCCCCC)c(OCCCCCCCCCC)c7)cc6)nc5cc4s3)cc2)cc(OCCCCCCCCCC)c1OCCCCCCCCCC. The zero-order chi connectivity index (χ0) is 76.1. The summed E-state index contributed by atoms with van der Waals surface area (Å²) < 4.78 is 53.8. The number of carbonyl (C=O) groups excluding carboxylic acids is 2. The van der Waals surface area contributed by atoms with E-state index in [2.05, 4.69) is 53.7 Å². The number of esters is 2. The van der Waals surface area contributed by atoms with Crippen LogP contribution in [0, 0.1) is 0 Å². The van der Waals surface area contributed by atoms with Crippen LogP contribution in [-0.2, 0) is 0 Å². The molecule has 12 nitrogen and oxygen atoms in total. The van der Waals surface area contributed by atoms with E-state index in [-0.39, 0.29) is 0 Å². The lowest BCUT2D eigenvalue weighted by atomic mass is 10.1. The van der Waals surface area contributed by atoms with Gasteiger partial charge in [0.15, 0.2) is 23.0 Å². The van der Waals surface area contributed by atoms with E-state index in [0.717, 1.165) is 119 Å². The molecule has 7 aromatic rings. The van der Waals surface area contributed by atoms with E-state index in [9.17, 15) is 9.59 Å². The fourth-order valence-electron chi connectivity index (χ4n) is 13.9. The lowest BCUT2D eigenvalue weighted by molar-refractivity contribution is 0.0724. The van der Waals surface area contributed by atoms with Gasteiger partial charge in [0.1, 0.15) is 21.5 Å². The summed E-state index contributed by atoms with van der Waals surface area (Å²) in [6.45, 7) is 16.8. The normalized spacial score (nSPS) is 11.5. The van der Waals surface area contributed by atoms with Crippen molar-refractivity contribution in [1.82, 2.24) is 9.97 Å². The van der Waals surface area contributed by atoms with Gasteiger partial charge in [-0.15, -0.1) is 22.7 Å². The molecule has 0 spiro atoms. The number of aromatic nitrogens is 2. The molecule has 0 amide bonds. The highest BCUT2D eigenvalue weighted by Crippen LogP contribution is 2.43. The molecule has 0 aliphatic rings. The fourth-order valence-corrected chi connectivity index (χ4v) is 15.8. The van der Waals surface area contributed by atoms with E-state index in [4.69, 9.17) is 47.9 Å². The second-order valence-electron chi connectivity index (χ2n) is 30.2. The average molecular weight is 1520 g/mol. The highest BCUT2D eigenvalue weighted by molar-refractivity contribution is 7.23. The van der Waals surface area contributed by atoms with Crippen LogP contribution in [0.1, 0.15) is 370 Å². The molecule has 2 aromatic heterocycles. The quantitative estimate of drug-likeness (QED) is 0.0204. The van der Waals surface area contributed by atoms with Gasteiger partial charge in [-0.1, -0.05) is 311 Å². The van der Waals surface area contributed by atoms with Crippen molar-refractivity contribution in [3.63, 3.8) is 0 Å². The maximum Gasteiger partial charge on any atom is 0.343 e. The van der Waals surface area contributed by atoms with Crippen LogP contribution in [-0.4, -0.2) is 61.5 Å². The number of rotatable bonds is 66. The van der Waals surface area contributed by atoms with Crippen molar-refractivity contribution in [1.29, 1.82) is 0 Å². The summed E-state index contributed by atoms with van der Waals surface area (Å²) in [7, 11) is 0. The van der Waals surface area contributed by atoms with Crippen LogP contribution in [0.25, 0.3) is 41.6 Å². The molecule has 0 atom stereocenters. The Morgan fingerprint density at radius 2 is 0.481 bits per heavy atom.